The van der Waals surface area contributed by atoms with E-state index in [9.17, 15) is 0 Å². The van der Waals surface area contributed by atoms with Crippen molar-refractivity contribution in [2.45, 2.75) is 37.3 Å². The van der Waals surface area contributed by atoms with Crippen LogP contribution in [-0.4, -0.2) is 29.0 Å². The van der Waals surface area contributed by atoms with E-state index in [0.717, 1.165) is 12.1 Å². The van der Waals surface area contributed by atoms with Gasteiger partial charge in [0.15, 0.2) is 0 Å². The topological polar surface area (TPSA) is 16.1 Å². The highest BCUT2D eigenvalue weighted by Crippen LogP contribution is 2.44. The zero-order valence-corrected chi connectivity index (χ0v) is 8.56. The predicted octanol–water partition coefficient (Wildman–Crippen LogP) is 2.03. The minimum atomic E-state index is 0.694. The average molecular weight is 188 g/mol. The highest BCUT2D eigenvalue weighted by molar-refractivity contribution is 5.18. The Kier molecular flexibility index (Phi) is 1.84. The van der Waals surface area contributed by atoms with E-state index in [0.29, 0.717) is 5.92 Å². The molecule has 3 rings (SSSR count). The smallest absolute Gasteiger partial charge is 0.0450 e. The number of nitrogens with zero attached hydrogens (tertiary/aromatic N) is 2. The monoisotopic (exact) mass is 188 g/mol. The third-order valence-corrected chi connectivity index (χ3v) is 3.95. The van der Waals surface area contributed by atoms with E-state index >= 15 is 0 Å². The van der Waals surface area contributed by atoms with Crippen molar-refractivity contribution in [1.29, 1.82) is 0 Å². The molecule has 0 spiro atoms. The lowest BCUT2D eigenvalue weighted by atomic mass is 9.86. The fourth-order valence-corrected chi connectivity index (χ4v) is 3.17. The SMILES string of the molecule is CN1[C@H]2CC[C@@H]1[C@@H](c1ccccn1)C2. The molecule has 3 heterocycles. The van der Waals surface area contributed by atoms with Crippen molar-refractivity contribution >= 4 is 0 Å². The Hall–Kier alpha value is -0.890. The van der Waals surface area contributed by atoms with E-state index in [2.05, 4.69) is 29.1 Å². The van der Waals surface area contributed by atoms with Crippen LogP contribution < -0.4 is 0 Å². The summed E-state index contributed by atoms with van der Waals surface area (Å²) < 4.78 is 0. The molecule has 14 heavy (non-hydrogen) atoms. The van der Waals surface area contributed by atoms with Crippen LogP contribution in [0.4, 0.5) is 0 Å². The Balaban J connectivity index is 1.89. The maximum Gasteiger partial charge on any atom is 0.0450 e. The van der Waals surface area contributed by atoms with Gasteiger partial charge in [0.1, 0.15) is 0 Å². The summed E-state index contributed by atoms with van der Waals surface area (Å²) in [4.78, 5) is 7.04. The molecular formula is C12H16N2. The average Bonchev–Trinajstić information content (AvgIpc) is 2.76. The lowest BCUT2D eigenvalue weighted by Crippen LogP contribution is -2.25. The van der Waals surface area contributed by atoms with E-state index in [4.69, 9.17) is 0 Å². The van der Waals surface area contributed by atoms with Gasteiger partial charge in [0.2, 0.25) is 0 Å². The first-order valence-electron chi connectivity index (χ1n) is 5.49. The number of fused-ring (bicyclic) bond motifs is 2. The van der Waals surface area contributed by atoms with Crippen LogP contribution in [0.3, 0.4) is 0 Å². The van der Waals surface area contributed by atoms with Crippen LogP contribution >= 0.6 is 0 Å². The number of hydrogen-bond donors (Lipinski definition) is 0. The van der Waals surface area contributed by atoms with Crippen LogP contribution in [0.2, 0.25) is 0 Å². The molecule has 0 N–H and O–H groups in total. The van der Waals surface area contributed by atoms with Crippen LogP contribution in [0, 0.1) is 0 Å². The van der Waals surface area contributed by atoms with Crippen molar-refractivity contribution in [2.24, 2.45) is 0 Å². The van der Waals surface area contributed by atoms with E-state index in [-0.39, 0.29) is 0 Å². The Morgan fingerprint density at radius 2 is 2.29 bits per heavy atom. The molecule has 1 aromatic heterocycles. The molecule has 2 fully saturated rings. The Morgan fingerprint density at radius 3 is 2.86 bits per heavy atom. The predicted molar refractivity (Wildman–Crippen MR) is 56.2 cm³/mol. The van der Waals surface area contributed by atoms with Crippen molar-refractivity contribution in [3.05, 3.63) is 30.1 Å². The maximum atomic E-state index is 4.49. The zero-order chi connectivity index (χ0) is 9.54. The van der Waals surface area contributed by atoms with Crippen molar-refractivity contribution in [3.8, 4) is 0 Å². The second-order valence-corrected chi connectivity index (χ2v) is 4.56. The largest absolute Gasteiger partial charge is 0.300 e. The number of aromatic nitrogens is 1. The summed E-state index contributed by atoms with van der Waals surface area (Å²) in [5.74, 6) is 0.694. The normalized spacial score (nSPS) is 36.5. The van der Waals surface area contributed by atoms with Gasteiger partial charge in [-0.3, -0.25) is 9.88 Å². The molecule has 0 aromatic carbocycles. The third kappa shape index (κ3) is 1.10. The molecule has 0 radical (unpaired) electrons. The lowest BCUT2D eigenvalue weighted by Gasteiger charge is -2.20. The van der Waals surface area contributed by atoms with Gasteiger partial charge < -0.3 is 0 Å². The minimum absolute atomic E-state index is 0.694. The zero-order valence-electron chi connectivity index (χ0n) is 8.56. The van der Waals surface area contributed by atoms with Gasteiger partial charge in [-0.25, -0.2) is 0 Å². The van der Waals surface area contributed by atoms with Crippen LogP contribution in [0.1, 0.15) is 30.9 Å². The van der Waals surface area contributed by atoms with Gasteiger partial charge in [0.05, 0.1) is 0 Å². The summed E-state index contributed by atoms with van der Waals surface area (Å²) in [5, 5.41) is 0. The standard InChI is InChI=1S/C12H16N2/c1-14-9-5-6-12(14)10(8-9)11-4-2-3-7-13-11/h2-4,7,9-10,12H,5-6,8H2,1H3/t9-,10+,12+/m0/s1. The van der Waals surface area contributed by atoms with E-state index < -0.39 is 0 Å². The second-order valence-electron chi connectivity index (χ2n) is 4.56. The number of likely N-dealkylation sites (N-methyl/N-ethyl adjacent to an activating group) is 1. The Bertz CT molecular complexity index is 322. The molecule has 0 saturated carbocycles. The molecular weight excluding hydrogens is 172 g/mol. The van der Waals surface area contributed by atoms with Gasteiger partial charge in [-0.15, -0.1) is 0 Å². The summed E-state index contributed by atoms with van der Waals surface area (Å²) >= 11 is 0. The van der Waals surface area contributed by atoms with Gasteiger partial charge in [-0.1, -0.05) is 6.07 Å². The highest BCUT2D eigenvalue weighted by atomic mass is 15.2. The summed E-state index contributed by atoms with van der Waals surface area (Å²) in [7, 11) is 2.27. The molecule has 3 atom stereocenters. The van der Waals surface area contributed by atoms with Gasteiger partial charge in [0, 0.05) is 29.9 Å². The number of hydrogen-bond acceptors (Lipinski definition) is 2. The molecule has 74 valence electrons. The molecule has 2 heteroatoms. The number of pyridine rings is 1. The van der Waals surface area contributed by atoms with Gasteiger partial charge in [-0.2, -0.15) is 0 Å². The summed E-state index contributed by atoms with van der Waals surface area (Å²) in [6.07, 6.45) is 5.99. The first-order valence-corrected chi connectivity index (χ1v) is 5.49. The third-order valence-electron chi connectivity index (χ3n) is 3.95. The summed E-state index contributed by atoms with van der Waals surface area (Å²) in [6.45, 7) is 0. The Labute approximate surface area is 85.0 Å². The van der Waals surface area contributed by atoms with Crippen LogP contribution in [-0.2, 0) is 0 Å². The van der Waals surface area contributed by atoms with Crippen molar-refractivity contribution < 1.29 is 0 Å². The van der Waals surface area contributed by atoms with Crippen molar-refractivity contribution in [1.82, 2.24) is 9.88 Å². The van der Waals surface area contributed by atoms with Crippen molar-refractivity contribution in [3.63, 3.8) is 0 Å². The molecule has 2 bridgehead atoms. The lowest BCUT2D eigenvalue weighted by molar-refractivity contribution is 0.306. The first kappa shape index (κ1) is 8.42. The minimum Gasteiger partial charge on any atom is -0.300 e. The van der Waals surface area contributed by atoms with Gasteiger partial charge in [0.25, 0.3) is 0 Å². The quantitative estimate of drug-likeness (QED) is 0.670. The molecule has 2 nitrogen and oxygen atoms in total. The molecule has 2 saturated heterocycles. The van der Waals surface area contributed by atoms with Crippen LogP contribution in [0.5, 0.6) is 0 Å². The Morgan fingerprint density at radius 1 is 1.36 bits per heavy atom. The van der Waals surface area contributed by atoms with Crippen LogP contribution in [0.15, 0.2) is 24.4 Å². The number of rotatable bonds is 1. The van der Waals surface area contributed by atoms with E-state index in [1.165, 1.54) is 25.0 Å². The summed E-state index contributed by atoms with van der Waals surface area (Å²) in [5.41, 5.74) is 1.30. The van der Waals surface area contributed by atoms with Crippen LogP contribution in [0.25, 0.3) is 0 Å². The van der Waals surface area contributed by atoms with Crippen molar-refractivity contribution in [2.75, 3.05) is 7.05 Å². The molecule has 2 aliphatic heterocycles. The van der Waals surface area contributed by atoms with Gasteiger partial charge in [-0.05, 0) is 38.4 Å². The van der Waals surface area contributed by atoms with Gasteiger partial charge >= 0.3 is 0 Å². The van der Waals surface area contributed by atoms with E-state index in [1.54, 1.807) is 0 Å². The molecule has 2 aliphatic rings. The van der Waals surface area contributed by atoms with E-state index in [1.807, 2.05) is 12.3 Å². The fourth-order valence-electron chi connectivity index (χ4n) is 3.17. The first-order chi connectivity index (χ1) is 6.86. The highest BCUT2D eigenvalue weighted by Gasteiger charge is 2.44. The maximum absolute atomic E-state index is 4.49. The summed E-state index contributed by atoms with van der Waals surface area (Å²) in [6, 6.07) is 7.87. The molecule has 0 amide bonds. The fraction of sp³-hybridized carbons (Fsp3) is 0.583. The molecule has 1 aromatic rings. The molecule has 0 aliphatic carbocycles. The second kappa shape index (κ2) is 3.06. The molecule has 0 unspecified atom stereocenters.